The van der Waals surface area contributed by atoms with Gasteiger partial charge in [0.1, 0.15) is 5.82 Å². The van der Waals surface area contributed by atoms with Gasteiger partial charge in [0, 0.05) is 18.8 Å². The molecule has 0 spiro atoms. The Kier molecular flexibility index (Phi) is 5.60. The van der Waals surface area contributed by atoms with Gasteiger partial charge in [-0.1, -0.05) is 13.5 Å². The fraction of sp³-hybridized carbons (Fsp3) is 0.364. The number of hydrogen-bond acceptors (Lipinski definition) is 1. The van der Waals surface area contributed by atoms with E-state index in [1.54, 1.807) is 6.20 Å². The molecule has 0 saturated heterocycles. The highest BCUT2D eigenvalue weighted by atomic mass is 15.0. The summed E-state index contributed by atoms with van der Waals surface area (Å²) in [5.74, 6) is 1.11. The highest BCUT2D eigenvalue weighted by Crippen LogP contribution is 2.04. The lowest BCUT2D eigenvalue weighted by atomic mass is 10.3. The van der Waals surface area contributed by atoms with Crippen molar-refractivity contribution in [2.24, 2.45) is 0 Å². The molecule has 0 aliphatic carbocycles. The minimum Gasteiger partial charge on any atom is -0.311 e. The Morgan fingerprint density at radius 1 is 1.54 bits per heavy atom. The lowest BCUT2D eigenvalue weighted by Gasteiger charge is -1.97. The Hall–Kier alpha value is -1.31. The van der Waals surface area contributed by atoms with E-state index in [9.17, 15) is 0 Å². The van der Waals surface area contributed by atoms with Crippen molar-refractivity contribution < 1.29 is 0 Å². The summed E-state index contributed by atoms with van der Waals surface area (Å²) in [7, 11) is 0. The predicted molar refractivity (Wildman–Crippen MR) is 58.6 cm³/mol. The van der Waals surface area contributed by atoms with Crippen molar-refractivity contribution in [1.29, 1.82) is 0 Å². The van der Waals surface area contributed by atoms with Crippen LogP contribution in [0.1, 0.15) is 24.9 Å². The van der Waals surface area contributed by atoms with Gasteiger partial charge in [0.2, 0.25) is 0 Å². The van der Waals surface area contributed by atoms with Gasteiger partial charge in [0.25, 0.3) is 0 Å². The Bertz CT molecular complexity index is 261. The third kappa shape index (κ3) is 3.28. The lowest BCUT2D eigenvalue weighted by Crippen LogP contribution is -1.93. The molecule has 0 aliphatic rings. The summed E-state index contributed by atoms with van der Waals surface area (Å²) in [4.78, 5) is 4.36. The van der Waals surface area contributed by atoms with Crippen LogP contribution >= 0.6 is 0 Å². The van der Waals surface area contributed by atoms with Crippen molar-refractivity contribution in [2.75, 3.05) is 0 Å². The number of rotatable bonds is 3. The zero-order chi connectivity index (χ0) is 10.3. The quantitative estimate of drug-likeness (QED) is 0.650. The van der Waals surface area contributed by atoms with Crippen molar-refractivity contribution in [3.8, 4) is 0 Å². The summed E-state index contributed by atoms with van der Waals surface area (Å²) < 4.78 is 1.98. The topological polar surface area (TPSA) is 17.8 Å². The van der Waals surface area contributed by atoms with Crippen molar-refractivity contribution in [2.45, 2.75) is 26.7 Å². The SMILES string of the molecule is C=C.C=Cn1cc(C)nc1CCC. The van der Waals surface area contributed by atoms with E-state index in [4.69, 9.17) is 0 Å². The first kappa shape index (κ1) is 11.7. The van der Waals surface area contributed by atoms with Crippen LogP contribution in [-0.4, -0.2) is 9.55 Å². The van der Waals surface area contributed by atoms with Gasteiger partial charge in [0.15, 0.2) is 0 Å². The minimum atomic E-state index is 1.03. The van der Waals surface area contributed by atoms with Gasteiger partial charge in [-0.05, 0) is 13.3 Å². The number of aryl methyl sites for hydroxylation is 2. The van der Waals surface area contributed by atoms with Crippen LogP contribution in [0.25, 0.3) is 6.20 Å². The molecule has 0 radical (unpaired) electrons. The summed E-state index contributed by atoms with van der Waals surface area (Å²) in [6.45, 7) is 13.9. The van der Waals surface area contributed by atoms with E-state index < -0.39 is 0 Å². The normalized spacial score (nSPS) is 8.77. The van der Waals surface area contributed by atoms with E-state index in [0.29, 0.717) is 0 Å². The summed E-state index contributed by atoms with van der Waals surface area (Å²) in [5.41, 5.74) is 1.06. The average molecular weight is 178 g/mol. The molecule has 1 aromatic rings. The molecule has 0 atom stereocenters. The molecule has 1 rings (SSSR count). The molecule has 0 aromatic carbocycles. The van der Waals surface area contributed by atoms with E-state index >= 15 is 0 Å². The highest BCUT2D eigenvalue weighted by molar-refractivity contribution is 5.22. The molecule has 13 heavy (non-hydrogen) atoms. The van der Waals surface area contributed by atoms with Gasteiger partial charge >= 0.3 is 0 Å². The van der Waals surface area contributed by atoms with Crippen molar-refractivity contribution in [3.63, 3.8) is 0 Å². The van der Waals surface area contributed by atoms with E-state index in [2.05, 4.69) is 31.6 Å². The van der Waals surface area contributed by atoms with Gasteiger partial charge in [-0.15, -0.1) is 13.2 Å². The summed E-state index contributed by atoms with van der Waals surface area (Å²) >= 11 is 0. The first-order valence-corrected chi connectivity index (χ1v) is 4.44. The number of nitrogens with zero attached hydrogens (tertiary/aromatic N) is 2. The first-order valence-electron chi connectivity index (χ1n) is 4.44. The lowest BCUT2D eigenvalue weighted by molar-refractivity contribution is 0.824. The Balaban J connectivity index is 0.000000671. The fourth-order valence-corrected chi connectivity index (χ4v) is 1.13. The summed E-state index contributed by atoms with van der Waals surface area (Å²) in [6, 6.07) is 0. The van der Waals surface area contributed by atoms with Crippen molar-refractivity contribution >= 4 is 6.20 Å². The van der Waals surface area contributed by atoms with Crippen LogP contribution in [0.15, 0.2) is 25.9 Å². The molecule has 0 fully saturated rings. The maximum atomic E-state index is 4.36. The second kappa shape index (κ2) is 6.23. The Morgan fingerprint density at radius 2 is 2.15 bits per heavy atom. The second-order valence-corrected chi connectivity index (χ2v) is 2.64. The van der Waals surface area contributed by atoms with Crippen LogP contribution in [0.2, 0.25) is 0 Å². The maximum absolute atomic E-state index is 4.36. The third-order valence-corrected chi connectivity index (χ3v) is 1.60. The summed E-state index contributed by atoms with van der Waals surface area (Å²) in [6.07, 6.45) is 5.95. The largest absolute Gasteiger partial charge is 0.311 e. The molecule has 0 unspecified atom stereocenters. The monoisotopic (exact) mass is 178 g/mol. The molecule has 2 nitrogen and oxygen atoms in total. The smallest absolute Gasteiger partial charge is 0.112 e. The van der Waals surface area contributed by atoms with Crippen LogP contribution in [0, 0.1) is 6.92 Å². The van der Waals surface area contributed by atoms with Crippen LogP contribution in [0.4, 0.5) is 0 Å². The van der Waals surface area contributed by atoms with Gasteiger partial charge in [-0.25, -0.2) is 4.98 Å². The molecular formula is C11H18N2. The number of hydrogen-bond donors (Lipinski definition) is 0. The maximum Gasteiger partial charge on any atom is 0.112 e. The first-order chi connectivity index (χ1) is 6.27. The predicted octanol–water partition coefficient (Wildman–Crippen LogP) is 3.05. The summed E-state index contributed by atoms with van der Waals surface area (Å²) in [5, 5.41) is 0. The van der Waals surface area contributed by atoms with E-state index in [1.807, 2.05) is 17.7 Å². The molecule has 72 valence electrons. The van der Waals surface area contributed by atoms with Crippen molar-refractivity contribution in [1.82, 2.24) is 9.55 Å². The van der Waals surface area contributed by atoms with Crippen LogP contribution < -0.4 is 0 Å². The van der Waals surface area contributed by atoms with Gasteiger partial charge < -0.3 is 4.57 Å². The van der Waals surface area contributed by atoms with Crippen LogP contribution in [-0.2, 0) is 6.42 Å². The minimum absolute atomic E-state index is 1.03. The van der Waals surface area contributed by atoms with Gasteiger partial charge in [-0.2, -0.15) is 0 Å². The van der Waals surface area contributed by atoms with E-state index in [0.717, 1.165) is 24.4 Å². The Morgan fingerprint density at radius 3 is 2.62 bits per heavy atom. The number of imidazole rings is 1. The standard InChI is InChI=1S/C9H14N2.C2H4/c1-4-6-9-10-8(3)7-11(9)5-2;1-2/h5,7H,2,4,6H2,1,3H3;1-2H2. The van der Waals surface area contributed by atoms with Crippen LogP contribution in [0.5, 0.6) is 0 Å². The molecular weight excluding hydrogens is 160 g/mol. The highest BCUT2D eigenvalue weighted by Gasteiger charge is 2.00. The van der Waals surface area contributed by atoms with Crippen molar-refractivity contribution in [3.05, 3.63) is 37.5 Å². The fourth-order valence-electron chi connectivity index (χ4n) is 1.13. The average Bonchev–Trinajstić information content (AvgIpc) is 2.50. The molecule has 0 amide bonds. The zero-order valence-corrected chi connectivity index (χ0v) is 8.58. The molecule has 0 N–H and O–H groups in total. The molecule has 0 aliphatic heterocycles. The molecule has 1 heterocycles. The van der Waals surface area contributed by atoms with E-state index in [-0.39, 0.29) is 0 Å². The van der Waals surface area contributed by atoms with Gasteiger partial charge in [-0.3, -0.25) is 0 Å². The Labute approximate surface area is 80.6 Å². The third-order valence-electron chi connectivity index (χ3n) is 1.60. The second-order valence-electron chi connectivity index (χ2n) is 2.64. The molecule has 0 bridgehead atoms. The van der Waals surface area contributed by atoms with Gasteiger partial charge in [0.05, 0.1) is 5.69 Å². The zero-order valence-electron chi connectivity index (χ0n) is 8.58. The molecule has 1 aromatic heterocycles. The molecule has 0 saturated carbocycles. The van der Waals surface area contributed by atoms with E-state index in [1.165, 1.54) is 0 Å². The number of aromatic nitrogens is 2. The molecule has 2 heteroatoms. The van der Waals surface area contributed by atoms with Crippen LogP contribution in [0.3, 0.4) is 0 Å².